The number of aromatic nitrogens is 1. The molecule has 0 unspecified atom stereocenters. The molecule has 139 valence electrons. The molecule has 0 bridgehead atoms. The SMILES string of the molecule is CC(C)(C)C(O)=[OH+].Cc1cc(-c2nccc3ccccc23)[c-]cc1F.[Ir]. The third kappa shape index (κ3) is 5.45. The molecular weight excluding hydrogens is 509 g/mol. The van der Waals surface area contributed by atoms with Crippen LogP contribution >= 0.6 is 0 Å². The van der Waals surface area contributed by atoms with Crippen molar-refractivity contribution in [2.75, 3.05) is 0 Å². The number of rotatable bonds is 1. The molecule has 1 radical (unpaired) electrons. The Labute approximate surface area is 166 Å². The van der Waals surface area contributed by atoms with Gasteiger partial charge in [-0.15, -0.1) is 23.8 Å². The summed E-state index contributed by atoms with van der Waals surface area (Å²) in [5.74, 6) is -0.744. The van der Waals surface area contributed by atoms with Gasteiger partial charge in [-0.3, -0.25) is 4.39 Å². The van der Waals surface area contributed by atoms with Gasteiger partial charge in [0.25, 0.3) is 0 Å². The third-order valence-corrected chi connectivity index (χ3v) is 3.69. The molecule has 1 aromatic heterocycles. The first-order chi connectivity index (χ1) is 11.7. The largest absolute Gasteiger partial charge is 0.485 e. The van der Waals surface area contributed by atoms with Crippen LogP contribution in [0.5, 0.6) is 0 Å². The predicted molar refractivity (Wildman–Crippen MR) is 99.7 cm³/mol. The fourth-order valence-corrected chi connectivity index (χ4v) is 2.05. The molecule has 3 aromatic rings. The number of pyridine rings is 1. The van der Waals surface area contributed by atoms with Crippen LogP contribution in [0.25, 0.3) is 22.0 Å². The number of fused-ring (bicyclic) bond motifs is 1. The van der Waals surface area contributed by atoms with Crippen molar-refractivity contribution in [2.45, 2.75) is 27.7 Å². The Morgan fingerprint density at radius 1 is 1.19 bits per heavy atom. The standard InChI is InChI=1S/C16H11FN.C5H10O2.Ir/c1-11-10-13(6-7-15(11)17)16-14-5-3-2-4-12(14)8-9-18-16;1-5(2,3)4(6)7;/h2-5,7-10H,1H3;1-3H3,(H,6,7);/q-1;;/p+1. The fourth-order valence-electron chi connectivity index (χ4n) is 2.05. The van der Waals surface area contributed by atoms with Crippen molar-refractivity contribution < 1.29 is 34.4 Å². The molecule has 2 aromatic carbocycles. The summed E-state index contributed by atoms with van der Waals surface area (Å²) in [4.78, 5) is 12.8. The van der Waals surface area contributed by atoms with Crippen molar-refractivity contribution in [3.05, 3.63) is 66.1 Å². The number of halogens is 1. The van der Waals surface area contributed by atoms with Gasteiger partial charge in [0.2, 0.25) is 0 Å². The maximum atomic E-state index is 13.3. The molecule has 0 aliphatic heterocycles. The number of carboxylic acids is 1. The molecule has 3 nitrogen and oxygen atoms in total. The Balaban J connectivity index is 0.000000366. The van der Waals surface area contributed by atoms with E-state index < -0.39 is 11.4 Å². The van der Waals surface area contributed by atoms with Crippen molar-refractivity contribution >= 4 is 16.7 Å². The van der Waals surface area contributed by atoms with Crippen LogP contribution in [0.4, 0.5) is 4.39 Å². The van der Waals surface area contributed by atoms with Crippen LogP contribution in [-0.2, 0) is 20.1 Å². The molecule has 1 heterocycles. The van der Waals surface area contributed by atoms with Crippen LogP contribution in [0, 0.1) is 24.2 Å². The van der Waals surface area contributed by atoms with Crippen LogP contribution in [0.1, 0.15) is 26.3 Å². The minimum absolute atomic E-state index is 0. The average molecular weight is 532 g/mol. The van der Waals surface area contributed by atoms with Gasteiger partial charge in [0, 0.05) is 32.1 Å². The number of benzene rings is 2. The second kappa shape index (κ2) is 9.02. The normalized spacial score (nSPS) is 10.5. The van der Waals surface area contributed by atoms with Gasteiger partial charge in [-0.25, -0.2) is 0 Å². The van der Waals surface area contributed by atoms with Gasteiger partial charge in [0.15, 0.2) is 0 Å². The van der Waals surface area contributed by atoms with Crippen LogP contribution in [-0.4, -0.2) is 20.9 Å². The molecule has 0 fully saturated rings. The van der Waals surface area contributed by atoms with Gasteiger partial charge in [0.05, 0.1) is 0 Å². The van der Waals surface area contributed by atoms with E-state index >= 15 is 0 Å². The molecule has 0 aliphatic rings. The number of aryl methyl sites for hydroxylation is 1. The summed E-state index contributed by atoms with van der Waals surface area (Å²) in [7, 11) is 0. The van der Waals surface area contributed by atoms with Crippen LogP contribution in [0.3, 0.4) is 0 Å². The Morgan fingerprint density at radius 2 is 1.81 bits per heavy atom. The second-order valence-electron chi connectivity index (χ2n) is 6.83. The smallest absolute Gasteiger partial charge is 0.339 e. The maximum Gasteiger partial charge on any atom is 0.485 e. The minimum atomic E-state index is -0.507. The van der Waals surface area contributed by atoms with Crippen molar-refractivity contribution in [3.63, 3.8) is 0 Å². The molecular formula is C21H22FIrNO2. The molecule has 3 rings (SSSR count). The molecule has 0 aliphatic carbocycles. The van der Waals surface area contributed by atoms with Gasteiger partial charge < -0.3 is 14.9 Å². The molecule has 0 saturated carbocycles. The quantitative estimate of drug-likeness (QED) is 0.345. The van der Waals surface area contributed by atoms with Crippen molar-refractivity contribution in [2.24, 2.45) is 5.41 Å². The summed E-state index contributed by atoms with van der Waals surface area (Å²) in [5.41, 5.74) is 1.81. The van der Waals surface area contributed by atoms with Crippen molar-refractivity contribution in [3.8, 4) is 11.3 Å². The van der Waals surface area contributed by atoms with E-state index in [-0.39, 0.29) is 25.9 Å². The Hall–Kier alpha value is -2.10. The van der Waals surface area contributed by atoms with E-state index in [2.05, 4.69) is 11.1 Å². The van der Waals surface area contributed by atoms with E-state index in [0.29, 0.717) is 5.56 Å². The zero-order valence-electron chi connectivity index (χ0n) is 15.2. The fraction of sp³-hybridized carbons (Fsp3) is 0.238. The van der Waals surface area contributed by atoms with E-state index in [1.54, 1.807) is 40.0 Å². The Kier molecular flexibility index (Phi) is 7.61. The molecule has 2 N–H and O–H groups in total. The Bertz CT molecular complexity index is 899. The summed E-state index contributed by atoms with van der Waals surface area (Å²) in [5, 5.41) is 10.5. The van der Waals surface area contributed by atoms with Crippen LogP contribution in [0.2, 0.25) is 0 Å². The van der Waals surface area contributed by atoms with Gasteiger partial charge in [0.1, 0.15) is 5.41 Å². The maximum absolute atomic E-state index is 13.3. The zero-order chi connectivity index (χ0) is 18.6. The molecule has 0 amide bonds. The van der Waals surface area contributed by atoms with Crippen LogP contribution < -0.4 is 0 Å². The first-order valence-corrected chi connectivity index (χ1v) is 7.97. The molecule has 0 atom stereocenters. The number of hydrogen-bond acceptors (Lipinski definition) is 1. The van der Waals surface area contributed by atoms with Gasteiger partial charge in [-0.2, -0.15) is 0 Å². The summed E-state index contributed by atoms with van der Waals surface area (Å²) in [6.07, 6.45) is 1.77. The summed E-state index contributed by atoms with van der Waals surface area (Å²) in [6.45, 7) is 6.92. The number of nitrogens with zero attached hydrogens (tertiary/aromatic N) is 1. The first kappa shape index (κ1) is 21.9. The third-order valence-electron chi connectivity index (χ3n) is 3.69. The number of aliphatic carboxylic acids is 1. The van der Waals surface area contributed by atoms with Crippen molar-refractivity contribution in [1.29, 1.82) is 0 Å². The topological polar surface area (TPSA) is 54.5 Å². The summed E-state index contributed by atoms with van der Waals surface area (Å²) in [6, 6.07) is 16.1. The average Bonchev–Trinajstić information content (AvgIpc) is 2.56. The van der Waals surface area contributed by atoms with Gasteiger partial charge in [-0.05, 0) is 43.3 Å². The molecule has 5 heteroatoms. The van der Waals surface area contributed by atoms with E-state index in [1.807, 2.05) is 30.3 Å². The van der Waals surface area contributed by atoms with Crippen LogP contribution in [0.15, 0.2) is 48.7 Å². The summed E-state index contributed by atoms with van der Waals surface area (Å²) < 4.78 is 13.3. The molecule has 0 saturated heterocycles. The monoisotopic (exact) mass is 532 g/mol. The number of hydrogen-bond donors (Lipinski definition) is 1. The van der Waals surface area contributed by atoms with E-state index in [1.165, 1.54) is 6.07 Å². The minimum Gasteiger partial charge on any atom is -0.339 e. The first-order valence-electron chi connectivity index (χ1n) is 7.97. The van der Waals surface area contributed by atoms with Crippen molar-refractivity contribution in [1.82, 2.24) is 4.98 Å². The van der Waals surface area contributed by atoms with E-state index in [0.717, 1.165) is 22.0 Å². The number of carboxylic acid groups (broad SMARTS) is 1. The summed E-state index contributed by atoms with van der Waals surface area (Å²) >= 11 is 0. The van der Waals surface area contributed by atoms with E-state index in [9.17, 15) is 4.39 Å². The molecule has 0 spiro atoms. The number of aliphatic hydroxyl groups excluding tert-OH is 1. The van der Waals surface area contributed by atoms with Gasteiger partial charge >= 0.3 is 5.97 Å². The second-order valence-corrected chi connectivity index (χ2v) is 6.83. The predicted octanol–water partition coefficient (Wildman–Crippen LogP) is 5.24. The van der Waals surface area contributed by atoms with Gasteiger partial charge in [-0.1, -0.05) is 36.8 Å². The Morgan fingerprint density at radius 3 is 2.38 bits per heavy atom. The molecule has 26 heavy (non-hydrogen) atoms. The van der Waals surface area contributed by atoms with E-state index in [4.69, 9.17) is 9.90 Å². The zero-order valence-corrected chi connectivity index (χ0v) is 17.6.